The maximum absolute atomic E-state index is 12.2. The Balaban J connectivity index is 2.08. The molecule has 0 saturated carbocycles. The lowest BCUT2D eigenvalue weighted by Gasteiger charge is -2.23. The summed E-state index contributed by atoms with van der Waals surface area (Å²) in [5.74, 6) is 0.826. The third-order valence-electron chi connectivity index (χ3n) is 5.19. The molecule has 3 N–H and O–H groups in total. The summed E-state index contributed by atoms with van der Waals surface area (Å²) in [4.78, 5) is 26.2. The average Bonchev–Trinajstić information content (AvgIpc) is 2.80. The number of methoxy groups -OCH3 is 1. The molecule has 170 valence electrons. The summed E-state index contributed by atoms with van der Waals surface area (Å²) in [6, 6.07) is 6.95. The number of aromatic nitrogens is 3. The first-order chi connectivity index (χ1) is 15.7. The van der Waals surface area contributed by atoms with E-state index in [-0.39, 0.29) is 23.3 Å². The van der Waals surface area contributed by atoms with Gasteiger partial charge >= 0.3 is 0 Å². The number of anilines is 2. The second-order valence-electron chi connectivity index (χ2n) is 7.57. The highest BCUT2D eigenvalue weighted by atomic mass is 35.5. The van der Waals surface area contributed by atoms with Crippen molar-refractivity contribution in [1.82, 2.24) is 19.9 Å². The number of nitrogens with zero attached hydrogens (tertiary/aromatic N) is 5. The Morgan fingerprint density at radius 3 is 2.61 bits per heavy atom. The van der Waals surface area contributed by atoms with Crippen LogP contribution in [-0.2, 0) is 0 Å². The minimum atomic E-state index is -0.354. The van der Waals surface area contributed by atoms with Crippen molar-refractivity contribution in [3.05, 3.63) is 58.0 Å². The summed E-state index contributed by atoms with van der Waals surface area (Å²) in [6.45, 7) is 3.76. The van der Waals surface area contributed by atoms with Crippen LogP contribution < -0.4 is 15.8 Å². The molecule has 1 aromatic carbocycles. The smallest absolute Gasteiger partial charge is 0.254 e. The number of ether oxygens (including phenoxy) is 1. The van der Waals surface area contributed by atoms with Crippen LogP contribution in [0, 0.1) is 18.3 Å². The van der Waals surface area contributed by atoms with Gasteiger partial charge in [-0.15, -0.1) is 0 Å². The van der Waals surface area contributed by atoms with Gasteiger partial charge in [0.2, 0.25) is 0 Å². The van der Waals surface area contributed by atoms with Crippen molar-refractivity contribution in [3.63, 3.8) is 0 Å². The van der Waals surface area contributed by atoms with E-state index in [1.54, 1.807) is 39.4 Å². The summed E-state index contributed by atoms with van der Waals surface area (Å²) in [7, 11) is 4.93. The van der Waals surface area contributed by atoms with E-state index in [2.05, 4.69) is 20.3 Å². The van der Waals surface area contributed by atoms with Gasteiger partial charge in [-0.2, -0.15) is 5.26 Å². The van der Waals surface area contributed by atoms with E-state index in [1.807, 2.05) is 19.9 Å². The van der Waals surface area contributed by atoms with Gasteiger partial charge < -0.3 is 20.7 Å². The number of benzene rings is 1. The maximum Gasteiger partial charge on any atom is 0.254 e. The molecule has 33 heavy (non-hydrogen) atoms. The van der Waals surface area contributed by atoms with Gasteiger partial charge in [0.25, 0.3) is 5.91 Å². The van der Waals surface area contributed by atoms with Crippen LogP contribution in [0.15, 0.2) is 30.7 Å². The molecule has 0 bridgehead atoms. The average molecular weight is 466 g/mol. The van der Waals surface area contributed by atoms with Crippen LogP contribution in [-0.4, -0.2) is 47.0 Å². The highest BCUT2D eigenvalue weighted by Crippen LogP contribution is 2.42. The van der Waals surface area contributed by atoms with Crippen molar-refractivity contribution in [2.45, 2.75) is 19.9 Å². The van der Waals surface area contributed by atoms with Gasteiger partial charge in [0.15, 0.2) is 0 Å². The molecule has 0 unspecified atom stereocenters. The number of rotatable bonds is 6. The third-order valence-corrected chi connectivity index (χ3v) is 5.58. The molecule has 0 aliphatic heterocycles. The lowest BCUT2D eigenvalue weighted by atomic mass is 9.96. The molecule has 0 spiro atoms. The van der Waals surface area contributed by atoms with E-state index in [1.165, 1.54) is 17.4 Å². The Hall–Kier alpha value is -3.90. The first-order valence-electron chi connectivity index (χ1n) is 10.0. The number of hydrogen-bond donors (Lipinski definition) is 2. The largest absolute Gasteiger partial charge is 0.496 e. The number of nitriles is 1. The zero-order chi connectivity index (χ0) is 24.3. The van der Waals surface area contributed by atoms with E-state index in [9.17, 15) is 10.1 Å². The molecule has 9 nitrogen and oxygen atoms in total. The van der Waals surface area contributed by atoms with Crippen molar-refractivity contribution >= 4 is 29.1 Å². The predicted molar refractivity (Wildman–Crippen MR) is 127 cm³/mol. The summed E-state index contributed by atoms with van der Waals surface area (Å²) < 4.78 is 5.79. The number of carbonyl (C=O) groups excluding carboxylic acids is 1. The monoisotopic (exact) mass is 465 g/mol. The molecule has 0 aliphatic carbocycles. The van der Waals surface area contributed by atoms with Gasteiger partial charge in [-0.25, -0.2) is 9.97 Å². The number of nitrogens with two attached hydrogens (primary N) is 1. The van der Waals surface area contributed by atoms with Crippen molar-refractivity contribution in [1.29, 1.82) is 5.26 Å². The third kappa shape index (κ3) is 4.66. The van der Waals surface area contributed by atoms with E-state index < -0.39 is 0 Å². The molecule has 3 rings (SSSR count). The Bertz CT molecular complexity index is 1240. The highest BCUT2D eigenvalue weighted by Gasteiger charge is 2.23. The van der Waals surface area contributed by atoms with Crippen LogP contribution in [0.3, 0.4) is 0 Å². The van der Waals surface area contributed by atoms with Crippen LogP contribution in [0.4, 0.5) is 11.6 Å². The topological polar surface area (TPSA) is 130 Å². The van der Waals surface area contributed by atoms with Gasteiger partial charge in [-0.1, -0.05) is 11.6 Å². The Morgan fingerprint density at radius 2 is 2.03 bits per heavy atom. The summed E-state index contributed by atoms with van der Waals surface area (Å²) in [6.07, 6.45) is 2.82. The normalized spacial score (nSPS) is 11.4. The van der Waals surface area contributed by atoms with Crippen molar-refractivity contribution in [3.8, 4) is 23.1 Å². The lowest BCUT2D eigenvalue weighted by molar-refractivity contribution is 0.0827. The first kappa shape index (κ1) is 23.8. The first-order valence-corrected chi connectivity index (χ1v) is 10.4. The quantitative estimate of drug-likeness (QED) is 0.561. The van der Waals surface area contributed by atoms with Gasteiger partial charge in [-0.05, 0) is 37.6 Å². The number of nitrogens with one attached hydrogen (secondary N) is 1. The molecular formula is C23H24ClN7O2. The van der Waals surface area contributed by atoms with Gasteiger partial charge in [0, 0.05) is 36.4 Å². The molecule has 3 aromatic rings. The molecule has 10 heteroatoms. The van der Waals surface area contributed by atoms with Gasteiger partial charge in [0.05, 0.1) is 24.4 Å². The van der Waals surface area contributed by atoms with E-state index in [4.69, 9.17) is 22.1 Å². The SMILES string of the molecule is COc1c([C@H](C)Nc2ncnc(N)c2C#N)cc(Cl)c(C)c1-c1ccc(C(=O)N(C)C)cn1. The second kappa shape index (κ2) is 9.71. The second-order valence-corrected chi connectivity index (χ2v) is 7.98. The van der Waals surface area contributed by atoms with Gasteiger partial charge in [0.1, 0.15) is 35.3 Å². The zero-order valence-corrected chi connectivity index (χ0v) is 19.7. The Labute approximate surface area is 197 Å². The minimum absolute atomic E-state index is 0.0911. The summed E-state index contributed by atoms with van der Waals surface area (Å²) in [5.41, 5.74) is 9.28. The molecule has 2 heterocycles. The number of hydrogen-bond acceptors (Lipinski definition) is 8. The van der Waals surface area contributed by atoms with Crippen molar-refractivity contribution in [2.75, 3.05) is 32.3 Å². The number of pyridine rings is 1. The molecule has 0 fully saturated rings. The van der Waals surface area contributed by atoms with Crippen molar-refractivity contribution < 1.29 is 9.53 Å². The Morgan fingerprint density at radius 1 is 1.30 bits per heavy atom. The van der Waals surface area contributed by atoms with Crippen molar-refractivity contribution in [2.24, 2.45) is 0 Å². The predicted octanol–water partition coefficient (Wildman–Crippen LogP) is 3.84. The van der Waals surface area contributed by atoms with Crippen LogP contribution in [0.2, 0.25) is 5.02 Å². The van der Waals surface area contributed by atoms with Crippen LogP contribution >= 0.6 is 11.6 Å². The highest BCUT2D eigenvalue weighted by molar-refractivity contribution is 6.32. The summed E-state index contributed by atoms with van der Waals surface area (Å²) >= 11 is 6.58. The van der Waals surface area contributed by atoms with Crippen LogP contribution in [0.1, 0.15) is 40.0 Å². The molecular weight excluding hydrogens is 442 g/mol. The Kier molecular flexibility index (Phi) is 6.99. The fourth-order valence-electron chi connectivity index (χ4n) is 3.42. The van der Waals surface area contributed by atoms with E-state index in [0.29, 0.717) is 33.4 Å². The fraction of sp³-hybridized carbons (Fsp3) is 0.261. The number of carbonyl (C=O) groups is 1. The molecule has 0 aliphatic rings. The van der Waals surface area contributed by atoms with Crippen LogP contribution in [0.5, 0.6) is 5.75 Å². The number of amides is 1. The number of halogens is 1. The molecule has 1 amide bonds. The molecule has 1 atom stereocenters. The van der Waals surface area contributed by atoms with Crippen LogP contribution in [0.25, 0.3) is 11.3 Å². The standard InChI is InChI=1S/C23H24ClN7O2/c1-12-17(24)8-15(13(2)30-22-16(9-25)21(26)28-11-29-22)20(33-5)19(12)18-7-6-14(10-27-18)23(32)31(3)4/h6-8,10-11,13H,1-5H3,(H3,26,28,29,30)/t13-/m0/s1. The summed E-state index contributed by atoms with van der Waals surface area (Å²) in [5, 5.41) is 13.1. The zero-order valence-electron chi connectivity index (χ0n) is 19.0. The maximum atomic E-state index is 12.2. The minimum Gasteiger partial charge on any atom is -0.496 e. The molecule has 0 saturated heterocycles. The molecule has 0 radical (unpaired) electrons. The van der Waals surface area contributed by atoms with E-state index in [0.717, 1.165) is 11.1 Å². The van der Waals surface area contributed by atoms with Gasteiger partial charge in [-0.3, -0.25) is 9.78 Å². The number of nitrogen functional groups attached to an aromatic ring is 1. The van der Waals surface area contributed by atoms with E-state index >= 15 is 0 Å². The molecule has 2 aromatic heterocycles. The fourth-order valence-corrected chi connectivity index (χ4v) is 3.63. The lowest BCUT2D eigenvalue weighted by Crippen LogP contribution is -2.21.